The average Bonchev–Trinajstić information content (AvgIpc) is 3.00. The van der Waals surface area contributed by atoms with Crippen molar-refractivity contribution < 1.29 is 14.1 Å². The van der Waals surface area contributed by atoms with Gasteiger partial charge in [0, 0.05) is 28.6 Å². The maximum absolute atomic E-state index is 12.1. The van der Waals surface area contributed by atoms with Crippen LogP contribution in [-0.2, 0) is 4.74 Å². The van der Waals surface area contributed by atoms with Gasteiger partial charge in [-0.25, -0.2) is 4.79 Å². The van der Waals surface area contributed by atoms with E-state index in [0.717, 1.165) is 5.56 Å². The molecule has 2 atom stereocenters. The minimum Gasteiger partial charge on any atom is -0.453 e. The van der Waals surface area contributed by atoms with Gasteiger partial charge in [0.1, 0.15) is 5.76 Å². The van der Waals surface area contributed by atoms with E-state index >= 15 is 0 Å². The molecule has 3 rings (SSSR count). The molecule has 1 aromatic heterocycles. The fourth-order valence-electron chi connectivity index (χ4n) is 3.12. The third-order valence-corrected chi connectivity index (χ3v) is 4.84. The van der Waals surface area contributed by atoms with E-state index in [0.29, 0.717) is 35.2 Å². The predicted octanol–water partition coefficient (Wildman–Crippen LogP) is 3.96. The number of likely N-dealkylation sites (tertiary alicyclic amines) is 1. The van der Waals surface area contributed by atoms with Gasteiger partial charge in [-0.05, 0) is 30.5 Å². The van der Waals surface area contributed by atoms with E-state index in [4.69, 9.17) is 32.5 Å². The van der Waals surface area contributed by atoms with Crippen molar-refractivity contribution in [3.05, 3.63) is 56.0 Å². The second kappa shape index (κ2) is 6.91. The normalized spacial score (nSPS) is 20.9. The molecule has 1 aliphatic heterocycles. The number of carbonyl (C=O) groups excluding carboxylic acids is 1. The van der Waals surface area contributed by atoms with Crippen molar-refractivity contribution in [2.75, 3.05) is 13.7 Å². The zero-order valence-electron chi connectivity index (χ0n) is 12.9. The molecule has 1 N–H and O–H groups in total. The van der Waals surface area contributed by atoms with Crippen LogP contribution in [0.1, 0.15) is 36.1 Å². The first-order chi connectivity index (χ1) is 11.5. The monoisotopic (exact) mass is 370 g/mol. The first-order valence-corrected chi connectivity index (χ1v) is 8.23. The smallest absolute Gasteiger partial charge is 0.409 e. The topological polar surface area (TPSA) is 75.5 Å². The molecule has 128 valence electrons. The summed E-state index contributed by atoms with van der Waals surface area (Å²) in [5, 5.41) is 3.31. The molecule has 2 heterocycles. The second-order valence-corrected chi connectivity index (χ2v) is 6.53. The number of nitrogens with zero attached hydrogens (tertiary/aromatic N) is 1. The molecule has 1 aromatic carbocycles. The SMILES string of the molecule is COC(=O)N1CCC(c2cc(=O)[nH]o2)CC1c1ccc(Cl)cc1Cl. The molecule has 1 fully saturated rings. The molecule has 24 heavy (non-hydrogen) atoms. The van der Waals surface area contributed by atoms with Gasteiger partial charge in [-0.1, -0.05) is 29.3 Å². The summed E-state index contributed by atoms with van der Waals surface area (Å²) in [4.78, 5) is 25.1. The van der Waals surface area contributed by atoms with Gasteiger partial charge >= 0.3 is 6.09 Å². The highest BCUT2D eigenvalue weighted by Crippen LogP contribution is 2.41. The van der Waals surface area contributed by atoms with Crippen molar-refractivity contribution >= 4 is 29.3 Å². The second-order valence-electron chi connectivity index (χ2n) is 5.68. The van der Waals surface area contributed by atoms with Gasteiger partial charge in [-0.15, -0.1) is 0 Å². The Hall–Kier alpha value is -1.92. The molecule has 2 aromatic rings. The van der Waals surface area contributed by atoms with Gasteiger partial charge in [-0.2, -0.15) is 5.16 Å². The van der Waals surface area contributed by atoms with Crippen LogP contribution in [0.4, 0.5) is 4.79 Å². The number of carbonyl (C=O) groups is 1. The Kier molecular flexibility index (Phi) is 4.87. The van der Waals surface area contributed by atoms with Crippen LogP contribution in [0.25, 0.3) is 0 Å². The molecule has 1 aliphatic rings. The number of amides is 1. The van der Waals surface area contributed by atoms with Crippen molar-refractivity contribution in [2.24, 2.45) is 0 Å². The highest BCUT2D eigenvalue weighted by atomic mass is 35.5. The summed E-state index contributed by atoms with van der Waals surface area (Å²) in [5.74, 6) is 0.584. The van der Waals surface area contributed by atoms with E-state index in [9.17, 15) is 9.59 Å². The molecule has 0 saturated carbocycles. The number of methoxy groups -OCH3 is 1. The van der Waals surface area contributed by atoms with E-state index < -0.39 is 6.09 Å². The zero-order valence-corrected chi connectivity index (χ0v) is 14.4. The number of halogens is 2. The van der Waals surface area contributed by atoms with Crippen molar-refractivity contribution in [3.8, 4) is 0 Å². The van der Waals surface area contributed by atoms with Crippen LogP contribution >= 0.6 is 23.2 Å². The number of nitrogens with one attached hydrogen (secondary N) is 1. The van der Waals surface area contributed by atoms with Crippen LogP contribution < -0.4 is 5.56 Å². The minimum atomic E-state index is -0.417. The van der Waals surface area contributed by atoms with Crippen LogP contribution in [0.2, 0.25) is 10.0 Å². The Morgan fingerprint density at radius 1 is 1.38 bits per heavy atom. The van der Waals surface area contributed by atoms with E-state index in [1.54, 1.807) is 23.1 Å². The molecule has 1 amide bonds. The van der Waals surface area contributed by atoms with E-state index in [1.165, 1.54) is 13.2 Å². The molecule has 8 heteroatoms. The number of hydrogen-bond donors (Lipinski definition) is 1. The molecular formula is C16H16Cl2N2O4. The van der Waals surface area contributed by atoms with Gasteiger partial charge in [0.05, 0.1) is 13.2 Å². The number of piperidine rings is 1. The Morgan fingerprint density at radius 2 is 2.17 bits per heavy atom. The van der Waals surface area contributed by atoms with E-state index in [2.05, 4.69) is 5.16 Å². The summed E-state index contributed by atoms with van der Waals surface area (Å²) in [5.41, 5.74) is 0.510. The van der Waals surface area contributed by atoms with Gasteiger partial charge in [0.2, 0.25) is 0 Å². The zero-order chi connectivity index (χ0) is 17.3. The summed E-state index contributed by atoms with van der Waals surface area (Å²) in [7, 11) is 1.35. The average molecular weight is 371 g/mol. The van der Waals surface area contributed by atoms with E-state index in [1.807, 2.05) is 0 Å². The highest BCUT2D eigenvalue weighted by molar-refractivity contribution is 6.35. The van der Waals surface area contributed by atoms with E-state index in [-0.39, 0.29) is 17.5 Å². The van der Waals surface area contributed by atoms with Gasteiger partial charge in [0.15, 0.2) is 0 Å². The molecule has 0 bridgehead atoms. The predicted molar refractivity (Wildman–Crippen MR) is 89.6 cm³/mol. The van der Waals surface area contributed by atoms with Gasteiger partial charge in [0.25, 0.3) is 5.56 Å². The Morgan fingerprint density at radius 3 is 2.79 bits per heavy atom. The number of hydrogen-bond acceptors (Lipinski definition) is 4. The van der Waals surface area contributed by atoms with Crippen LogP contribution in [0.5, 0.6) is 0 Å². The van der Waals surface area contributed by atoms with Crippen molar-refractivity contribution in [3.63, 3.8) is 0 Å². The molecule has 0 aliphatic carbocycles. The lowest BCUT2D eigenvalue weighted by molar-refractivity contribution is 0.0815. The largest absolute Gasteiger partial charge is 0.453 e. The van der Waals surface area contributed by atoms with Crippen molar-refractivity contribution in [1.82, 2.24) is 10.1 Å². The highest BCUT2D eigenvalue weighted by Gasteiger charge is 2.36. The lowest BCUT2D eigenvalue weighted by Crippen LogP contribution is -2.40. The number of aromatic amines is 1. The number of benzene rings is 1. The van der Waals surface area contributed by atoms with Crippen LogP contribution in [0.3, 0.4) is 0 Å². The number of aromatic nitrogens is 1. The Balaban J connectivity index is 1.95. The molecule has 6 nitrogen and oxygen atoms in total. The van der Waals surface area contributed by atoms with Crippen molar-refractivity contribution in [2.45, 2.75) is 24.8 Å². The lowest BCUT2D eigenvalue weighted by atomic mass is 9.86. The molecular weight excluding hydrogens is 355 g/mol. The summed E-state index contributed by atoms with van der Waals surface area (Å²) in [6.07, 6.45) is 0.814. The fourth-order valence-corrected chi connectivity index (χ4v) is 3.66. The van der Waals surface area contributed by atoms with Crippen molar-refractivity contribution in [1.29, 1.82) is 0 Å². The summed E-state index contributed by atoms with van der Waals surface area (Å²) >= 11 is 12.3. The molecule has 1 saturated heterocycles. The molecule has 2 unspecified atom stereocenters. The summed E-state index contributed by atoms with van der Waals surface area (Å²) in [6.45, 7) is 0.468. The first-order valence-electron chi connectivity index (χ1n) is 7.47. The molecule has 0 radical (unpaired) electrons. The van der Waals surface area contributed by atoms with Crippen LogP contribution in [-0.4, -0.2) is 29.8 Å². The maximum Gasteiger partial charge on any atom is 0.409 e. The quantitative estimate of drug-likeness (QED) is 0.867. The standard InChI is InChI=1S/C16H16Cl2N2O4/c1-23-16(22)20-5-4-9(14-8-15(21)19-24-14)6-13(20)11-3-2-10(17)7-12(11)18/h2-3,7-9,13H,4-6H2,1H3,(H,19,21). The third-order valence-electron chi connectivity index (χ3n) is 4.28. The molecule has 0 spiro atoms. The third kappa shape index (κ3) is 3.30. The summed E-state index contributed by atoms with van der Waals surface area (Å²) in [6, 6.07) is 6.34. The first kappa shape index (κ1) is 16.9. The summed E-state index contributed by atoms with van der Waals surface area (Å²) < 4.78 is 10.1. The minimum absolute atomic E-state index is 0.00148. The van der Waals surface area contributed by atoms with Crippen LogP contribution in [0, 0.1) is 0 Å². The number of rotatable bonds is 2. The lowest BCUT2D eigenvalue weighted by Gasteiger charge is -2.38. The Labute approximate surface area is 148 Å². The maximum atomic E-state index is 12.1. The van der Waals surface area contributed by atoms with Crippen LogP contribution in [0.15, 0.2) is 33.6 Å². The van der Waals surface area contributed by atoms with Gasteiger partial charge in [-0.3, -0.25) is 4.79 Å². The Bertz CT molecular complexity index is 801. The van der Waals surface area contributed by atoms with Gasteiger partial charge < -0.3 is 14.2 Å². The number of ether oxygens (including phenoxy) is 1. The fraction of sp³-hybridized carbons (Fsp3) is 0.375. The number of H-pyrrole nitrogens is 1.